The molecule has 0 saturated carbocycles. The van der Waals surface area contributed by atoms with Gasteiger partial charge in [0.15, 0.2) is 0 Å². The van der Waals surface area contributed by atoms with Gasteiger partial charge in [0.1, 0.15) is 0 Å². The summed E-state index contributed by atoms with van der Waals surface area (Å²) >= 11 is 0. The normalized spacial score (nSPS) is 11.0. The largest absolute Gasteiger partial charge is 0.488 e. The summed E-state index contributed by atoms with van der Waals surface area (Å²) in [7, 11) is -3.29. The molecule has 0 fully saturated rings. The van der Waals surface area contributed by atoms with Crippen LogP contribution < -0.4 is 21.6 Å². The van der Waals surface area contributed by atoms with Crippen LogP contribution in [-0.4, -0.2) is 56.1 Å². The van der Waals surface area contributed by atoms with E-state index in [0.29, 0.717) is 44.9 Å². The molecule has 0 aliphatic carbocycles. The molecule has 6 N–H and O–H groups in total. The van der Waals surface area contributed by atoms with Crippen LogP contribution in [0.5, 0.6) is 0 Å². The molecule has 0 aliphatic heterocycles. The molecule has 0 aliphatic rings. The van der Waals surface area contributed by atoms with E-state index in [1.165, 1.54) is 12.1 Å². The standard InChI is InChI=1S/C38H28B2N4O6/c45-37(41-31-11-3-9-29(21-31)39(47)48)27-7-1-5-25(19-27)33-17-15-23-13-14-24-16-18-34(44-36(24)35(23)43-33)26-6-2-8-28(20-26)38(46)42-32-12-4-10-30(22-32)40(49)50/h1-22,47-50H,(H,41,45)(H,42,46). The summed E-state index contributed by atoms with van der Waals surface area (Å²) in [5.41, 5.74) is 6.31. The van der Waals surface area contributed by atoms with Crippen molar-refractivity contribution in [3.8, 4) is 22.5 Å². The second-order valence-corrected chi connectivity index (χ2v) is 11.7. The fraction of sp³-hybridized carbons (Fsp3) is 0. The molecule has 12 heteroatoms. The van der Waals surface area contributed by atoms with Gasteiger partial charge in [0, 0.05) is 44.4 Å². The van der Waals surface area contributed by atoms with E-state index in [4.69, 9.17) is 9.97 Å². The Bertz CT molecular complexity index is 2250. The smallest absolute Gasteiger partial charge is 0.423 e. The van der Waals surface area contributed by atoms with Crippen LogP contribution in [0.3, 0.4) is 0 Å². The summed E-state index contributed by atoms with van der Waals surface area (Å²) in [6.07, 6.45) is 0. The van der Waals surface area contributed by atoms with Crippen LogP contribution >= 0.6 is 0 Å². The van der Waals surface area contributed by atoms with E-state index in [2.05, 4.69) is 10.6 Å². The van der Waals surface area contributed by atoms with Gasteiger partial charge in [0.05, 0.1) is 22.4 Å². The molecule has 50 heavy (non-hydrogen) atoms. The predicted molar refractivity (Wildman–Crippen MR) is 196 cm³/mol. The number of amides is 2. The van der Waals surface area contributed by atoms with Gasteiger partial charge in [-0.05, 0) is 71.6 Å². The summed E-state index contributed by atoms with van der Waals surface area (Å²) in [5, 5.41) is 45.3. The fourth-order valence-corrected chi connectivity index (χ4v) is 5.69. The first kappa shape index (κ1) is 32.4. The molecule has 2 aromatic heterocycles. The van der Waals surface area contributed by atoms with E-state index >= 15 is 0 Å². The molecule has 0 saturated heterocycles. The van der Waals surface area contributed by atoms with Crippen LogP contribution in [0.2, 0.25) is 0 Å². The number of benzene rings is 5. The van der Waals surface area contributed by atoms with E-state index in [9.17, 15) is 29.7 Å². The highest BCUT2D eigenvalue weighted by atomic mass is 16.4. The molecule has 7 rings (SSSR count). The summed E-state index contributed by atoms with van der Waals surface area (Å²) in [5.74, 6) is -0.718. The zero-order valence-corrected chi connectivity index (χ0v) is 26.4. The summed E-state index contributed by atoms with van der Waals surface area (Å²) in [4.78, 5) is 36.2. The Kier molecular flexibility index (Phi) is 8.90. The maximum Gasteiger partial charge on any atom is 0.488 e. The number of anilines is 2. The molecule has 7 aromatic rings. The highest BCUT2D eigenvalue weighted by Gasteiger charge is 2.16. The topological polar surface area (TPSA) is 165 Å². The third kappa shape index (κ3) is 6.86. The molecular weight excluding hydrogens is 630 g/mol. The Balaban J connectivity index is 1.18. The number of hydrogen-bond donors (Lipinski definition) is 6. The van der Waals surface area contributed by atoms with Crippen molar-refractivity contribution < 1.29 is 29.7 Å². The molecule has 0 bridgehead atoms. The van der Waals surface area contributed by atoms with Crippen LogP contribution in [-0.2, 0) is 0 Å². The number of nitrogens with one attached hydrogen (secondary N) is 2. The quantitative estimate of drug-likeness (QED) is 0.106. The van der Waals surface area contributed by atoms with Gasteiger partial charge in [-0.2, -0.15) is 0 Å². The zero-order valence-electron chi connectivity index (χ0n) is 26.4. The highest BCUT2D eigenvalue weighted by Crippen LogP contribution is 2.29. The maximum absolute atomic E-state index is 13.1. The lowest BCUT2D eigenvalue weighted by atomic mass is 9.80. The Labute approximate surface area is 287 Å². The Hall–Kier alpha value is -6.17. The van der Waals surface area contributed by atoms with Gasteiger partial charge in [-0.25, -0.2) is 9.97 Å². The number of rotatable bonds is 8. The van der Waals surface area contributed by atoms with Crippen molar-refractivity contribution in [1.29, 1.82) is 0 Å². The SMILES string of the molecule is O=C(Nc1cccc(B(O)O)c1)c1cccc(-c2ccc3ccc4ccc(-c5cccc(C(=O)Nc6cccc(B(O)O)c6)c5)nc4c3n2)c1. The predicted octanol–water partition coefficient (Wildman–Crippen LogP) is 3.98. The van der Waals surface area contributed by atoms with Crippen molar-refractivity contribution in [2.24, 2.45) is 0 Å². The van der Waals surface area contributed by atoms with Crippen LogP contribution in [0.15, 0.2) is 133 Å². The van der Waals surface area contributed by atoms with Crippen LogP contribution in [0.1, 0.15) is 20.7 Å². The number of carbonyl (C=O) groups excluding carboxylic acids is 2. The number of fused-ring (bicyclic) bond motifs is 3. The summed E-state index contributed by atoms with van der Waals surface area (Å²) in [6, 6.07) is 38.5. The molecule has 10 nitrogen and oxygen atoms in total. The molecule has 5 aromatic carbocycles. The second kappa shape index (κ2) is 13.7. The molecular formula is C38H28B2N4O6. The molecule has 2 amide bonds. The van der Waals surface area contributed by atoms with E-state index in [1.54, 1.807) is 72.8 Å². The highest BCUT2D eigenvalue weighted by molar-refractivity contribution is 6.59. The average Bonchev–Trinajstić information content (AvgIpc) is 3.14. The third-order valence-electron chi connectivity index (χ3n) is 8.25. The lowest BCUT2D eigenvalue weighted by molar-refractivity contribution is 0.101. The summed E-state index contributed by atoms with van der Waals surface area (Å²) in [6.45, 7) is 0. The van der Waals surface area contributed by atoms with Gasteiger partial charge in [0.2, 0.25) is 0 Å². The minimum atomic E-state index is -1.65. The van der Waals surface area contributed by atoms with Gasteiger partial charge in [-0.15, -0.1) is 0 Å². The Morgan fingerprint density at radius 2 is 0.880 bits per heavy atom. The number of pyridine rings is 2. The van der Waals surface area contributed by atoms with Crippen LogP contribution in [0.4, 0.5) is 11.4 Å². The number of hydrogen-bond acceptors (Lipinski definition) is 8. The van der Waals surface area contributed by atoms with Crippen molar-refractivity contribution in [1.82, 2.24) is 9.97 Å². The van der Waals surface area contributed by atoms with Crippen LogP contribution in [0.25, 0.3) is 44.3 Å². The van der Waals surface area contributed by atoms with Crippen molar-refractivity contribution >= 4 is 70.2 Å². The van der Waals surface area contributed by atoms with Gasteiger partial charge in [-0.3, -0.25) is 9.59 Å². The van der Waals surface area contributed by atoms with E-state index < -0.39 is 14.2 Å². The molecule has 242 valence electrons. The van der Waals surface area contributed by atoms with Gasteiger partial charge in [0.25, 0.3) is 11.8 Å². The molecule has 0 radical (unpaired) electrons. The number of carbonyl (C=O) groups is 2. The third-order valence-corrected chi connectivity index (χ3v) is 8.25. The number of aromatic nitrogens is 2. The lowest BCUT2D eigenvalue weighted by Crippen LogP contribution is -2.30. The second-order valence-electron chi connectivity index (χ2n) is 11.7. The first-order valence-corrected chi connectivity index (χ1v) is 15.7. The minimum Gasteiger partial charge on any atom is -0.423 e. The number of nitrogens with zero attached hydrogens (tertiary/aromatic N) is 2. The van der Waals surface area contributed by atoms with Gasteiger partial charge in [-0.1, -0.05) is 72.8 Å². The molecule has 2 heterocycles. The average molecular weight is 658 g/mol. The van der Waals surface area contributed by atoms with Crippen molar-refractivity contribution in [3.63, 3.8) is 0 Å². The lowest BCUT2D eigenvalue weighted by Gasteiger charge is -2.11. The van der Waals surface area contributed by atoms with Crippen molar-refractivity contribution in [2.75, 3.05) is 10.6 Å². The monoisotopic (exact) mass is 658 g/mol. The van der Waals surface area contributed by atoms with E-state index in [0.717, 1.165) is 21.9 Å². The Morgan fingerprint density at radius 1 is 0.480 bits per heavy atom. The fourth-order valence-electron chi connectivity index (χ4n) is 5.69. The van der Waals surface area contributed by atoms with Gasteiger partial charge < -0.3 is 30.7 Å². The van der Waals surface area contributed by atoms with Gasteiger partial charge >= 0.3 is 14.2 Å². The molecule has 0 unspecified atom stereocenters. The van der Waals surface area contributed by atoms with E-state index in [-0.39, 0.29) is 22.7 Å². The zero-order chi connectivity index (χ0) is 34.8. The molecule has 0 atom stereocenters. The van der Waals surface area contributed by atoms with Crippen molar-refractivity contribution in [2.45, 2.75) is 0 Å². The maximum atomic E-state index is 13.1. The summed E-state index contributed by atoms with van der Waals surface area (Å²) < 4.78 is 0. The van der Waals surface area contributed by atoms with Crippen molar-refractivity contribution in [3.05, 3.63) is 145 Å². The van der Waals surface area contributed by atoms with Crippen LogP contribution in [0, 0.1) is 0 Å². The Morgan fingerprint density at radius 3 is 1.30 bits per heavy atom. The first-order valence-electron chi connectivity index (χ1n) is 15.7. The van der Waals surface area contributed by atoms with E-state index in [1.807, 2.05) is 48.5 Å². The minimum absolute atomic E-state index is 0.266. The first-order chi connectivity index (χ1) is 24.2. The molecule has 0 spiro atoms.